The van der Waals surface area contributed by atoms with E-state index in [1.54, 1.807) is 11.3 Å². The van der Waals surface area contributed by atoms with Crippen molar-refractivity contribution in [3.63, 3.8) is 0 Å². The third-order valence-corrected chi connectivity index (χ3v) is 8.07. The van der Waals surface area contributed by atoms with Crippen LogP contribution in [0.2, 0.25) is 0 Å². The average molecular weight is 433 g/mol. The molecule has 0 bridgehead atoms. The molecule has 3 aliphatic rings. The second kappa shape index (κ2) is 7.14. The molecular formula is C24H24N4O2S. The lowest BCUT2D eigenvalue weighted by atomic mass is 9.76. The van der Waals surface area contributed by atoms with Gasteiger partial charge in [0.1, 0.15) is 10.5 Å². The Morgan fingerprint density at radius 3 is 2.84 bits per heavy atom. The number of benzene rings is 2. The number of aryl methyl sites for hydroxylation is 1. The van der Waals surface area contributed by atoms with Crippen LogP contribution in [0.5, 0.6) is 0 Å². The van der Waals surface area contributed by atoms with Gasteiger partial charge in [0.2, 0.25) is 0 Å². The van der Waals surface area contributed by atoms with Crippen molar-refractivity contribution in [2.24, 2.45) is 0 Å². The third kappa shape index (κ3) is 2.91. The van der Waals surface area contributed by atoms with E-state index < -0.39 is 5.54 Å². The molecule has 3 aromatic rings. The monoisotopic (exact) mass is 432 g/mol. The maximum Gasteiger partial charge on any atom is 0.326 e. The fraction of sp³-hybridized carbons (Fsp3) is 0.375. The topological polar surface area (TPSA) is 65.5 Å². The van der Waals surface area contributed by atoms with Gasteiger partial charge in [-0.05, 0) is 55.4 Å². The molecule has 2 atom stereocenters. The second-order valence-electron chi connectivity index (χ2n) is 8.71. The van der Waals surface area contributed by atoms with Gasteiger partial charge in [-0.3, -0.25) is 9.69 Å². The largest absolute Gasteiger partial charge is 0.326 e. The molecule has 3 heterocycles. The van der Waals surface area contributed by atoms with Crippen LogP contribution < -0.4 is 5.32 Å². The summed E-state index contributed by atoms with van der Waals surface area (Å²) in [5, 5.41) is 4.15. The zero-order valence-corrected chi connectivity index (χ0v) is 18.0. The molecule has 0 unspecified atom stereocenters. The van der Waals surface area contributed by atoms with Gasteiger partial charge in [0.05, 0.1) is 22.9 Å². The van der Waals surface area contributed by atoms with Crippen LogP contribution in [0, 0.1) is 0 Å². The number of amides is 3. The fourth-order valence-electron chi connectivity index (χ4n) is 5.43. The van der Waals surface area contributed by atoms with E-state index in [4.69, 9.17) is 4.98 Å². The number of carbonyl (C=O) groups is 2. The SMILES string of the molecule is O=C1N[C@@]2(CCCc3ccccc32)C(=O)N1CN1CCC[C@H]1c1nc2ccccc2s1. The van der Waals surface area contributed by atoms with Gasteiger partial charge < -0.3 is 5.32 Å². The summed E-state index contributed by atoms with van der Waals surface area (Å²) >= 11 is 1.71. The van der Waals surface area contributed by atoms with E-state index >= 15 is 0 Å². The lowest BCUT2D eigenvalue weighted by Crippen LogP contribution is -2.47. The molecular weight excluding hydrogens is 408 g/mol. The number of fused-ring (bicyclic) bond motifs is 3. The molecule has 2 fully saturated rings. The van der Waals surface area contributed by atoms with E-state index in [0.29, 0.717) is 13.1 Å². The van der Waals surface area contributed by atoms with Crippen molar-refractivity contribution in [2.75, 3.05) is 13.2 Å². The summed E-state index contributed by atoms with van der Waals surface area (Å²) in [5.74, 6) is -0.111. The molecule has 31 heavy (non-hydrogen) atoms. The quantitative estimate of drug-likeness (QED) is 0.631. The number of aromatic nitrogens is 1. The van der Waals surface area contributed by atoms with Crippen molar-refractivity contribution in [1.29, 1.82) is 0 Å². The molecule has 1 aliphatic carbocycles. The fourth-order valence-corrected chi connectivity index (χ4v) is 6.57. The summed E-state index contributed by atoms with van der Waals surface area (Å²) < 4.78 is 1.18. The first-order valence-electron chi connectivity index (χ1n) is 11.0. The lowest BCUT2D eigenvalue weighted by molar-refractivity contribution is -0.133. The standard InChI is InChI=1S/C24H24N4O2S/c29-22-24(13-5-8-16-7-1-2-9-17(16)24)26-23(30)28(22)15-27-14-6-11-19(27)21-25-18-10-3-4-12-20(18)31-21/h1-4,7,9-10,12,19H,5-6,8,11,13-15H2,(H,26,30)/t19-,24+/m0/s1. The minimum atomic E-state index is -0.906. The highest BCUT2D eigenvalue weighted by Crippen LogP contribution is 2.41. The normalized spacial score (nSPS) is 26.1. The van der Waals surface area contributed by atoms with Crippen LogP contribution in [-0.4, -0.2) is 39.9 Å². The Kier molecular flexibility index (Phi) is 4.36. The highest BCUT2D eigenvalue weighted by Gasteiger charge is 2.54. The van der Waals surface area contributed by atoms with Crippen LogP contribution in [0.3, 0.4) is 0 Å². The van der Waals surface area contributed by atoms with Crippen LogP contribution in [0.1, 0.15) is 47.9 Å². The van der Waals surface area contributed by atoms with Crippen molar-refractivity contribution in [3.8, 4) is 0 Å². The molecule has 0 saturated carbocycles. The number of para-hydroxylation sites is 1. The molecule has 0 radical (unpaired) electrons. The Balaban J connectivity index is 1.28. The minimum absolute atomic E-state index is 0.111. The van der Waals surface area contributed by atoms with Crippen LogP contribution in [-0.2, 0) is 16.8 Å². The zero-order valence-electron chi connectivity index (χ0n) is 17.2. The molecule has 6 nitrogen and oxygen atoms in total. The van der Waals surface area contributed by atoms with Gasteiger partial charge in [-0.25, -0.2) is 14.7 Å². The molecule has 1 N–H and O–H groups in total. The van der Waals surface area contributed by atoms with E-state index in [2.05, 4.69) is 22.3 Å². The Bertz CT molecular complexity index is 1160. The van der Waals surface area contributed by atoms with Gasteiger partial charge in [-0.15, -0.1) is 11.3 Å². The summed E-state index contributed by atoms with van der Waals surface area (Å²) in [5.41, 5.74) is 2.24. The van der Waals surface area contributed by atoms with Gasteiger partial charge in [0.25, 0.3) is 5.91 Å². The molecule has 3 amide bonds. The van der Waals surface area contributed by atoms with Crippen LogP contribution >= 0.6 is 11.3 Å². The highest BCUT2D eigenvalue weighted by molar-refractivity contribution is 7.18. The molecule has 6 rings (SSSR count). The number of nitrogens with one attached hydrogen (secondary N) is 1. The minimum Gasteiger partial charge on any atom is -0.319 e. The second-order valence-corrected chi connectivity index (χ2v) is 9.77. The van der Waals surface area contributed by atoms with E-state index in [9.17, 15) is 9.59 Å². The third-order valence-electron chi connectivity index (χ3n) is 6.93. The molecule has 2 aromatic carbocycles. The van der Waals surface area contributed by atoms with E-state index in [0.717, 1.165) is 53.9 Å². The Hall–Kier alpha value is -2.77. The number of nitrogens with zero attached hydrogens (tertiary/aromatic N) is 3. The lowest BCUT2D eigenvalue weighted by Gasteiger charge is -2.33. The summed E-state index contributed by atoms with van der Waals surface area (Å²) in [6.45, 7) is 1.18. The van der Waals surface area contributed by atoms with E-state index in [1.165, 1.54) is 9.60 Å². The highest BCUT2D eigenvalue weighted by atomic mass is 32.1. The van der Waals surface area contributed by atoms with Crippen LogP contribution in [0.4, 0.5) is 4.79 Å². The number of thiazole rings is 1. The van der Waals surface area contributed by atoms with Crippen LogP contribution in [0.25, 0.3) is 10.2 Å². The predicted molar refractivity (Wildman–Crippen MR) is 120 cm³/mol. The van der Waals surface area contributed by atoms with Crippen molar-refractivity contribution in [2.45, 2.75) is 43.7 Å². The number of likely N-dealkylation sites (tertiary alicyclic amines) is 1. The maximum absolute atomic E-state index is 13.6. The van der Waals surface area contributed by atoms with Gasteiger partial charge in [0, 0.05) is 6.54 Å². The number of hydrogen-bond acceptors (Lipinski definition) is 5. The van der Waals surface area contributed by atoms with Gasteiger partial charge in [0.15, 0.2) is 0 Å². The van der Waals surface area contributed by atoms with Crippen molar-refractivity contribution < 1.29 is 9.59 Å². The number of hydrogen-bond donors (Lipinski definition) is 1. The maximum atomic E-state index is 13.6. The summed E-state index contributed by atoms with van der Waals surface area (Å²) in [6, 6.07) is 16.1. The number of carbonyl (C=O) groups excluding carboxylic acids is 2. The van der Waals surface area contributed by atoms with Crippen molar-refractivity contribution >= 4 is 33.5 Å². The first kappa shape index (κ1) is 19.0. The Morgan fingerprint density at radius 2 is 1.94 bits per heavy atom. The summed E-state index contributed by atoms with van der Waals surface area (Å²) in [7, 11) is 0. The Labute approximate surface area is 184 Å². The van der Waals surface area contributed by atoms with Gasteiger partial charge >= 0.3 is 6.03 Å². The van der Waals surface area contributed by atoms with E-state index in [-0.39, 0.29) is 18.0 Å². The molecule has 2 saturated heterocycles. The first-order valence-corrected chi connectivity index (χ1v) is 11.8. The molecule has 2 aliphatic heterocycles. The van der Waals surface area contributed by atoms with Crippen molar-refractivity contribution in [1.82, 2.24) is 20.1 Å². The summed E-state index contributed by atoms with van der Waals surface area (Å²) in [4.78, 5) is 35.1. The number of imide groups is 1. The van der Waals surface area contributed by atoms with Gasteiger partial charge in [-0.2, -0.15) is 0 Å². The van der Waals surface area contributed by atoms with Gasteiger partial charge in [-0.1, -0.05) is 36.4 Å². The zero-order chi connectivity index (χ0) is 21.0. The molecule has 1 spiro atoms. The Morgan fingerprint density at radius 1 is 1.10 bits per heavy atom. The van der Waals surface area contributed by atoms with Crippen LogP contribution in [0.15, 0.2) is 48.5 Å². The first-order chi connectivity index (χ1) is 15.2. The smallest absolute Gasteiger partial charge is 0.319 e. The molecule has 1 aromatic heterocycles. The number of urea groups is 1. The average Bonchev–Trinajstić information content (AvgIpc) is 3.48. The van der Waals surface area contributed by atoms with Crippen molar-refractivity contribution in [3.05, 3.63) is 64.7 Å². The molecule has 158 valence electrons. The van der Waals surface area contributed by atoms with E-state index in [1.807, 2.05) is 36.4 Å². The molecule has 7 heteroatoms. The number of rotatable bonds is 3. The summed E-state index contributed by atoms with van der Waals surface area (Å²) in [6.07, 6.45) is 4.55. The predicted octanol–water partition coefficient (Wildman–Crippen LogP) is 4.17.